The summed E-state index contributed by atoms with van der Waals surface area (Å²) in [6.45, 7) is 5.40. The van der Waals surface area contributed by atoms with E-state index in [1.807, 2.05) is 13.8 Å². The molecule has 110 valence electrons. The van der Waals surface area contributed by atoms with Crippen molar-refractivity contribution in [2.24, 2.45) is 5.92 Å². The van der Waals surface area contributed by atoms with Crippen molar-refractivity contribution >= 4 is 5.97 Å². The largest absolute Gasteiger partial charge is 0.465 e. The van der Waals surface area contributed by atoms with Crippen molar-refractivity contribution in [3.8, 4) is 0 Å². The van der Waals surface area contributed by atoms with E-state index in [9.17, 15) is 4.79 Å². The molecule has 0 spiro atoms. The highest BCUT2D eigenvalue weighted by Crippen LogP contribution is 2.30. The summed E-state index contributed by atoms with van der Waals surface area (Å²) in [5.74, 6) is 0.555. The molecular formula is C15H28N2O2. The lowest BCUT2D eigenvalue weighted by molar-refractivity contribution is -0.145. The van der Waals surface area contributed by atoms with Crippen LogP contribution in [0.4, 0.5) is 0 Å². The van der Waals surface area contributed by atoms with E-state index in [0.29, 0.717) is 24.6 Å². The zero-order valence-corrected chi connectivity index (χ0v) is 12.3. The lowest BCUT2D eigenvalue weighted by Crippen LogP contribution is -2.51. The SMILES string of the molecule is CCOC(=O)C(C)NC1CCCCC1C1CCCN1. The van der Waals surface area contributed by atoms with Gasteiger partial charge in [-0.25, -0.2) is 0 Å². The third kappa shape index (κ3) is 3.93. The molecule has 0 aromatic carbocycles. The van der Waals surface area contributed by atoms with Gasteiger partial charge in [0.25, 0.3) is 0 Å². The second-order valence-electron chi connectivity index (χ2n) is 5.90. The molecule has 1 aliphatic carbocycles. The van der Waals surface area contributed by atoms with Gasteiger partial charge < -0.3 is 15.4 Å². The summed E-state index contributed by atoms with van der Waals surface area (Å²) < 4.78 is 5.09. The number of hydrogen-bond acceptors (Lipinski definition) is 4. The number of esters is 1. The summed E-state index contributed by atoms with van der Waals surface area (Å²) in [7, 11) is 0. The summed E-state index contributed by atoms with van der Waals surface area (Å²) in [4.78, 5) is 11.7. The van der Waals surface area contributed by atoms with E-state index in [-0.39, 0.29) is 12.0 Å². The van der Waals surface area contributed by atoms with E-state index in [2.05, 4.69) is 10.6 Å². The van der Waals surface area contributed by atoms with Crippen LogP contribution in [0.25, 0.3) is 0 Å². The van der Waals surface area contributed by atoms with Crippen molar-refractivity contribution in [1.29, 1.82) is 0 Å². The molecule has 0 aromatic rings. The van der Waals surface area contributed by atoms with Crippen molar-refractivity contribution < 1.29 is 9.53 Å². The van der Waals surface area contributed by atoms with E-state index in [1.54, 1.807) is 0 Å². The molecule has 4 unspecified atom stereocenters. The summed E-state index contributed by atoms with van der Waals surface area (Å²) in [6.07, 6.45) is 7.65. The van der Waals surface area contributed by atoms with E-state index < -0.39 is 0 Å². The van der Waals surface area contributed by atoms with Crippen LogP contribution >= 0.6 is 0 Å². The molecule has 1 saturated heterocycles. The molecule has 19 heavy (non-hydrogen) atoms. The van der Waals surface area contributed by atoms with Gasteiger partial charge in [-0.1, -0.05) is 12.8 Å². The maximum atomic E-state index is 11.7. The quantitative estimate of drug-likeness (QED) is 0.747. The molecule has 4 nitrogen and oxygen atoms in total. The molecule has 2 rings (SSSR count). The predicted octanol–water partition coefficient (Wildman–Crippen LogP) is 1.84. The Morgan fingerprint density at radius 1 is 1.32 bits per heavy atom. The van der Waals surface area contributed by atoms with Crippen LogP contribution in [0.1, 0.15) is 52.4 Å². The van der Waals surface area contributed by atoms with Gasteiger partial charge in [-0.3, -0.25) is 4.79 Å². The first-order chi connectivity index (χ1) is 9.22. The van der Waals surface area contributed by atoms with Crippen LogP contribution in [0.3, 0.4) is 0 Å². The molecule has 0 aromatic heterocycles. The van der Waals surface area contributed by atoms with Crippen molar-refractivity contribution in [3.05, 3.63) is 0 Å². The lowest BCUT2D eigenvalue weighted by atomic mass is 9.79. The minimum Gasteiger partial charge on any atom is -0.465 e. The van der Waals surface area contributed by atoms with E-state index in [0.717, 1.165) is 6.54 Å². The molecule has 0 amide bonds. The third-order valence-corrected chi connectivity index (χ3v) is 4.54. The fraction of sp³-hybridized carbons (Fsp3) is 0.933. The van der Waals surface area contributed by atoms with Crippen LogP contribution in [-0.4, -0.2) is 37.2 Å². The maximum absolute atomic E-state index is 11.7. The number of nitrogens with one attached hydrogen (secondary N) is 2. The van der Waals surface area contributed by atoms with Crippen molar-refractivity contribution in [2.45, 2.75) is 70.5 Å². The van der Waals surface area contributed by atoms with Gasteiger partial charge >= 0.3 is 5.97 Å². The highest BCUT2D eigenvalue weighted by Gasteiger charge is 2.34. The Bertz CT molecular complexity index is 290. The van der Waals surface area contributed by atoms with Crippen molar-refractivity contribution in [1.82, 2.24) is 10.6 Å². The maximum Gasteiger partial charge on any atom is 0.322 e. The molecule has 0 bridgehead atoms. The predicted molar refractivity (Wildman–Crippen MR) is 76.0 cm³/mol. The topological polar surface area (TPSA) is 50.4 Å². The van der Waals surface area contributed by atoms with Gasteiger partial charge in [-0.2, -0.15) is 0 Å². The first kappa shape index (κ1) is 14.8. The van der Waals surface area contributed by atoms with Gasteiger partial charge in [0, 0.05) is 12.1 Å². The molecule has 2 fully saturated rings. The van der Waals surface area contributed by atoms with Gasteiger partial charge in [0.05, 0.1) is 6.61 Å². The fourth-order valence-electron chi connectivity index (χ4n) is 3.58. The van der Waals surface area contributed by atoms with Gasteiger partial charge in [-0.15, -0.1) is 0 Å². The van der Waals surface area contributed by atoms with Gasteiger partial charge in [0.2, 0.25) is 0 Å². The second-order valence-corrected chi connectivity index (χ2v) is 5.90. The summed E-state index contributed by atoms with van der Waals surface area (Å²) in [6, 6.07) is 0.919. The Kier molecular flexibility index (Phi) is 5.64. The van der Waals surface area contributed by atoms with Crippen LogP contribution in [-0.2, 0) is 9.53 Å². The summed E-state index contributed by atoms with van der Waals surface area (Å²) >= 11 is 0. The Labute approximate surface area is 116 Å². The van der Waals surface area contributed by atoms with Gasteiger partial charge in [0.1, 0.15) is 6.04 Å². The first-order valence-electron chi connectivity index (χ1n) is 7.88. The average Bonchev–Trinajstić information content (AvgIpc) is 2.93. The number of ether oxygens (including phenoxy) is 1. The summed E-state index contributed by atoms with van der Waals surface area (Å²) in [5, 5.41) is 7.14. The van der Waals surface area contributed by atoms with Crippen LogP contribution < -0.4 is 10.6 Å². The standard InChI is InChI=1S/C15H28N2O2/c1-3-19-15(18)11(2)17-14-8-5-4-7-12(14)13-9-6-10-16-13/h11-14,16-17H,3-10H2,1-2H3. The fourth-order valence-corrected chi connectivity index (χ4v) is 3.58. The Morgan fingerprint density at radius 2 is 2.11 bits per heavy atom. The molecule has 1 heterocycles. The molecule has 2 N–H and O–H groups in total. The number of hydrogen-bond donors (Lipinski definition) is 2. The van der Waals surface area contributed by atoms with Gasteiger partial charge in [0.15, 0.2) is 0 Å². The molecule has 4 atom stereocenters. The smallest absolute Gasteiger partial charge is 0.322 e. The Balaban J connectivity index is 1.89. The van der Waals surface area contributed by atoms with E-state index >= 15 is 0 Å². The highest BCUT2D eigenvalue weighted by molar-refractivity contribution is 5.75. The normalized spacial score (nSPS) is 33.1. The number of carbonyl (C=O) groups excluding carboxylic acids is 1. The molecule has 0 radical (unpaired) electrons. The Morgan fingerprint density at radius 3 is 2.79 bits per heavy atom. The number of rotatable bonds is 5. The first-order valence-corrected chi connectivity index (χ1v) is 7.88. The minimum absolute atomic E-state index is 0.119. The molecule has 1 aliphatic heterocycles. The van der Waals surface area contributed by atoms with E-state index in [1.165, 1.54) is 38.5 Å². The van der Waals surface area contributed by atoms with Crippen LogP contribution in [0.5, 0.6) is 0 Å². The Hall–Kier alpha value is -0.610. The molecule has 1 saturated carbocycles. The zero-order chi connectivity index (χ0) is 13.7. The van der Waals surface area contributed by atoms with Crippen molar-refractivity contribution in [2.75, 3.05) is 13.2 Å². The van der Waals surface area contributed by atoms with E-state index in [4.69, 9.17) is 4.74 Å². The monoisotopic (exact) mass is 268 g/mol. The van der Waals surface area contributed by atoms with Crippen LogP contribution in [0, 0.1) is 5.92 Å². The molecule has 4 heteroatoms. The molecular weight excluding hydrogens is 240 g/mol. The van der Waals surface area contributed by atoms with Crippen molar-refractivity contribution in [3.63, 3.8) is 0 Å². The second kappa shape index (κ2) is 7.25. The minimum atomic E-state index is -0.188. The lowest BCUT2D eigenvalue weighted by Gasteiger charge is -2.37. The number of carbonyl (C=O) groups is 1. The molecule has 2 aliphatic rings. The summed E-state index contributed by atoms with van der Waals surface area (Å²) in [5.41, 5.74) is 0. The highest BCUT2D eigenvalue weighted by atomic mass is 16.5. The van der Waals surface area contributed by atoms with Gasteiger partial charge in [-0.05, 0) is 52.0 Å². The van der Waals surface area contributed by atoms with Crippen LogP contribution in [0.15, 0.2) is 0 Å². The average molecular weight is 268 g/mol. The zero-order valence-electron chi connectivity index (χ0n) is 12.3. The van der Waals surface area contributed by atoms with Crippen LogP contribution in [0.2, 0.25) is 0 Å². The third-order valence-electron chi connectivity index (χ3n) is 4.54.